The van der Waals surface area contributed by atoms with E-state index < -0.39 is 11.9 Å². The number of hydrogen-bond donors (Lipinski definition) is 4. The van der Waals surface area contributed by atoms with Gasteiger partial charge in [-0.3, -0.25) is 4.79 Å². The van der Waals surface area contributed by atoms with Gasteiger partial charge in [0.05, 0.1) is 25.8 Å². The van der Waals surface area contributed by atoms with Crippen molar-refractivity contribution in [2.45, 2.75) is 6.04 Å². The summed E-state index contributed by atoms with van der Waals surface area (Å²) in [5.41, 5.74) is 0.362. The third kappa shape index (κ3) is 4.90. The molecule has 0 heterocycles. The molecule has 0 atom stereocenters. The minimum Gasteiger partial charge on any atom is -0.395 e. The molecule has 0 fully saturated rings. The normalized spacial score (nSPS) is 10.6. The van der Waals surface area contributed by atoms with E-state index in [1.54, 1.807) is 6.07 Å². The molecule has 0 bridgehead atoms. The van der Waals surface area contributed by atoms with Gasteiger partial charge in [-0.25, -0.2) is 4.39 Å². The molecule has 0 aliphatic carbocycles. The zero-order chi connectivity index (χ0) is 12.7. The minimum absolute atomic E-state index is 0.0672. The van der Waals surface area contributed by atoms with E-state index in [0.717, 1.165) is 0 Å². The van der Waals surface area contributed by atoms with Gasteiger partial charge in [0.25, 0.3) is 0 Å². The maximum atomic E-state index is 12.8. The summed E-state index contributed by atoms with van der Waals surface area (Å²) < 4.78 is 12.8. The van der Waals surface area contributed by atoms with Crippen LogP contribution in [0.3, 0.4) is 0 Å². The second-order valence-corrected chi connectivity index (χ2v) is 3.50. The predicted molar refractivity (Wildman–Crippen MR) is 61.0 cm³/mol. The largest absolute Gasteiger partial charge is 0.395 e. The van der Waals surface area contributed by atoms with Crippen LogP contribution in [0.15, 0.2) is 24.3 Å². The van der Waals surface area contributed by atoms with Crippen molar-refractivity contribution in [1.82, 2.24) is 5.32 Å². The Kier molecular flexibility index (Phi) is 5.55. The average Bonchev–Trinajstić information content (AvgIpc) is 2.30. The highest BCUT2D eigenvalue weighted by molar-refractivity contribution is 5.92. The molecule has 0 spiro atoms. The summed E-state index contributed by atoms with van der Waals surface area (Å²) in [7, 11) is 0. The van der Waals surface area contributed by atoms with E-state index in [4.69, 9.17) is 10.2 Å². The van der Waals surface area contributed by atoms with Crippen molar-refractivity contribution in [3.63, 3.8) is 0 Å². The standard InChI is InChI=1S/C11H15FN2O3/c12-8-2-1-3-9(4-8)14-11(17)5-13-10(6-15)7-16/h1-4,10,13,15-16H,5-7H2,(H,14,17). The molecule has 6 heteroatoms. The van der Waals surface area contributed by atoms with Crippen molar-refractivity contribution in [1.29, 1.82) is 0 Å². The van der Waals surface area contributed by atoms with Crippen molar-refractivity contribution in [3.8, 4) is 0 Å². The summed E-state index contributed by atoms with van der Waals surface area (Å²) in [4.78, 5) is 11.4. The Bertz CT molecular complexity index is 369. The highest BCUT2D eigenvalue weighted by Gasteiger charge is 2.08. The topological polar surface area (TPSA) is 81.6 Å². The number of carbonyl (C=O) groups excluding carboxylic acids is 1. The van der Waals surface area contributed by atoms with Crippen molar-refractivity contribution >= 4 is 11.6 Å². The van der Waals surface area contributed by atoms with Gasteiger partial charge in [-0.05, 0) is 18.2 Å². The van der Waals surface area contributed by atoms with E-state index in [1.807, 2.05) is 0 Å². The molecule has 0 saturated carbocycles. The summed E-state index contributed by atoms with van der Waals surface area (Å²) in [6, 6.07) is 5.00. The van der Waals surface area contributed by atoms with Crippen LogP contribution in [0, 0.1) is 5.82 Å². The number of carbonyl (C=O) groups is 1. The fourth-order valence-corrected chi connectivity index (χ4v) is 1.20. The summed E-state index contributed by atoms with van der Waals surface area (Å²) in [6.07, 6.45) is 0. The molecule has 0 radical (unpaired) electrons. The van der Waals surface area contributed by atoms with Crippen LogP contribution in [0.25, 0.3) is 0 Å². The number of nitrogens with one attached hydrogen (secondary N) is 2. The molecule has 1 aromatic rings. The minimum atomic E-state index is -0.534. The van der Waals surface area contributed by atoms with Crippen LogP contribution in [0.5, 0.6) is 0 Å². The number of halogens is 1. The fraction of sp³-hybridized carbons (Fsp3) is 0.364. The maximum Gasteiger partial charge on any atom is 0.238 e. The second-order valence-electron chi connectivity index (χ2n) is 3.50. The zero-order valence-corrected chi connectivity index (χ0v) is 9.19. The molecular weight excluding hydrogens is 227 g/mol. The van der Waals surface area contributed by atoms with Gasteiger partial charge in [0.2, 0.25) is 5.91 Å². The summed E-state index contributed by atoms with van der Waals surface area (Å²) >= 11 is 0. The molecule has 17 heavy (non-hydrogen) atoms. The molecule has 1 rings (SSSR count). The first kappa shape index (κ1) is 13.6. The number of amides is 1. The molecular formula is C11H15FN2O3. The zero-order valence-electron chi connectivity index (χ0n) is 9.19. The summed E-state index contributed by atoms with van der Waals surface area (Å²) in [5, 5.41) is 22.7. The lowest BCUT2D eigenvalue weighted by molar-refractivity contribution is -0.115. The maximum absolute atomic E-state index is 12.8. The van der Waals surface area contributed by atoms with E-state index in [2.05, 4.69) is 10.6 Å². The van der Waals surface area contributed by atoms with Gasteiger partial charge >= 0.3 is 0 Å². The van der Waals surface area contributed by atoms with Crippen LogP contribution in [0.1, 0.15) is 0 Å². The van der Waals surface area contributed by atoms with Crippen LogP contribution in [-0.2, 0) is 4.79 Å². The van der Waals surface area contributed by atoms with Gasteiger partial charge in [0, 0.05) is 5.69 Å². The van der Waals surface area contributed by atoms with E-state index in [-0.39, 0.29) is 25.7 Å². The predicted octanol–water partition coefficient (Wildman–Crippen LogP) is -0.293. The van der Waals surface area contributed by atoms with Gasteiger partial charge < -0.3 is 20.8 Å². The molecule has 1 amide bonds. The number of benzene rings is 1. The first-order valence-electron chi connectivity index (χ1n) is 5.16. The van der Waals surface area contributed by atoms with Crippen LogP contribution in [0.2, 0.25) is 0 Å². The van der Waals surface area contributed by atoms with Crippen molar-refractivity contribution < 1.29 is 19.4 Å². The van der Waals surface area contributed by atoms with Crippen LogP contribution < -0.4 is 10.6 Å². The van der Waals surface area contributed by atoms with Gasteiger partial charge in [-0.1, -0.05) is 6.07 Å². The van der Waals surface area contributed by atoms with E-state index >= 15 is 0 Å². The Morgan fingerprint density at radius 3 is 2.65 bits per heavy atom. The average molecular weight is 242 g/mol. The molecule has 1 aromatic carbocycles. The van der Waals surface area contributed by atoms with Crippen molar-refractivity contribution in [3.05, 3.63) is 30.1 Å². The summed E-state index contributed by atoms with van der Waals surface area (Å²) in [5.74, 6) is -0.804. The Morgan fingerprint density at radius 1 is 1.35 bits per heavy atom. The number of hydrogen-bond acceptors (Lipinski definition) is 4. The van der Waals surface area contributed by atoms with Gasteiger partial charge in [0.15, 0.2) is 0 Å². The molecule has 94 valence electrons. The van der Waals surface area contributed by atoms with Crippen molar-refractivity contribution in [2.24, 2.45) is 0 Å². The highest BCUT2D eigenvalue weighted by Crippen LogP contribution is 2.08. The smallest absolute Gasteiger partial charge is 0.238 e. The molecule has 0 saturated heterocycles. The Morgan fingerprint density at radius 2 is 2.06 bits per heavy atom. The lowest BCUT2D eigenvalue weighted by atomic mass is 10.3. The number of aliphatic hydroxyl groups is 2. The first-order valence-corrected chi connectivity index (χ1v) is 5.16. The molecule has 5 nitrogen and oxygen atoms in total. The number of aliphatic hydroxyl groups excluding tert-OH is 2. The molecule has 0 unspecified atom stereocenters. The third-order valence-electron chi connectivity index (χ3n) is 2.10. The Hall–Kier alpha value is -1.50. The molecule has 4 N–H and O–H groups in total. The van der Waals surface area contributed by atoms with Crippen LogP contribution in [-0.4, -0.2) is 41.9 Å². The molecule has 0 aromatic heterocycles. The Labute approximate surface area is 98.3 Å². The summed E-state index contributed by atoms with van der Waals surface area (Å²) in [6.45, 7) is -0.588. The number of rotatable bonds is 6. The van der Waals surface area contributed by atoms with E-state index in [0.29, 0.717) is 5.69 Å². The SMILES string of the molecule is O=C(CNC(CO)CO)Nc1cccc(F)c1. The third-order valence-corrected chi connectivity index (χ3v) is 2.10. The van der Waals surface area contributed by atoms with E-state index in [1.165, 1.54) is 18.2 Å². The lowest BCUT2D eigenvalue weighted by Crippen LogP contribution is -2.40. The first-order chi connectivity index (χ1) is 8.15. The monoisotopic (exact) mass is 242 g/mol. The number of anilines is 1. The van der Waals surface area contributed by atoms with Crippen LogP contribution >= 0.6 is 0 Å². The molecule has 0 aliphatic heterocycles. The van der Waals surface area contributed by atoms with Gasteiger partial charge in [0.1, 0.15) is 5.82 Å². The van der Waals surface area contributed by atoms with Gasteiger partial charge in [-0.2, -0.15) is 0 Å². The van der Waals surface area contributed by atoms with Crippen molar-refractivity contribution in [2.75, 3.05) is 25.1 Å². The quantitative estimate of drug-likeness (QED) is 0.552. The second kappa shape index (κ2) is 6.95. The van der Waals surface area contributed by atoms with E-state index in [9.17, 15) is 9.18 Å². The van der Waals surface area contributed by atoms with Crippen LogP contribution in [0.4, 0.5) is 10.1 Å². The molecule has 0 aliphatic rings. The Balaban J connectivity index is 2.39. The lowest BCUT2D eigenvalue weighted by Gasteiger charge is -2.12. The van der Waals surface area contributed by atoms with Gasteiger partial charge in [-0.15, -0.1) is 0 Å². The fourth-order valence-electron chi connectivity index (χ4n) is 1.20. The highest BCUT2D eigenvalue weighted by atomic mass is 19.1.